The van der Waals surface area contributed by atoms with Gasteiger partial charge in [-0.2, -0.15) is 0 Å². The molecule has 2 rings (SSSR count). The topological polar surface area (TPSA) is 42.1 Å². The molecule has 0 bridgehead atoms. The zero-order chi connectivity index (χ0) is 14.3. The molecule has 0 saturated carbocycles. The van der Waals surface area contributed by atoms with Gasteiger partial charge in [-0.15, -0.1) is 0 Å². The Bertz CT molecular complexity index is 559. The van der Waals surface area contributed by atoms with Crippen LogP contribution in [0.2, 0.25) is 0 Å². The first-order valence-electron chi connectivity index (χ1n) is 6.54. The number of nitrogens with one attached hydrogen (secondary N) is 1. The second-order valence-electron chi connectivity index (χ2n) is 4.04. The summed E-state index contributed by atoms with van der Waals surface area (Å²) in [5.74, 6) is 0.648. The zero-order valence-electron chi connectivity index (χ0n) is 12.0. The maximum atomic E-state index is 11.5. The van der Waals surface area contributed by atoms with Crippen LogP contribution in [0.25, 0.3) is 0 Å². The first-order chi connectivity index (χ1) is 9.16. The summed E-state index contributed by atoms with van der Waals surface area (Å²) in [4.78, 5) is 14.3. The monoisotopic (exact) mass is 259 g/mol. The summed E-state index contributed by atoms with van der Waals surface area (Å²) in [6.07, 6.45) is 0. The fraction of sp³-hybridized carbons (Fsp3) is 0.312. The van der Waals surface area contributed by atoms with E-state index in [2.05, 4.69) is 4.98 Å². The van der Waals surface area contributed by atoms with E-state index in [1.54, 1.807) is 6.92 Å². The Labute approximate surface area is 114 Å². The Hall–Kier alpha value is -2.03. The van der Waals surface area contributed by atoms with Crippen LogP contribution in [0.1, 0.15) is 30.7 Å². The predicted molar refractivity (Wildman–Crippen MR) is 78.7 cm³/mol. The van der Waals surface area contributed by atoms with Crippen molar-refractivity contribution in [3.05, 3.63) is 63.6 Å². The van der Waals surface area contributed by atoms with Crippen LogP contribution >= 0.6 is 0 Å². The number of benzene rings is 1. The van der Waals surface area contributed by atoms with Gasteiger partial charge in [-0.05, 0) is 25.5 Å². The van der Waals surface area contributed by atoms with Gasteiger partial charge in [0.25, 0.3) is 5.56 Å². The van der Waals surface area contributed by atoms with Gasteiger partial charge in [0, 0.05) is 5.69 Å². The molecule has 0 aliphatic rings. The molecule has 1 aromatic heterocycles. The average molecular weight is 259 g/mol. The average Bonchev–Trinajstić information content (AvgIpc) is 2.44. The minimum atomic E-state index is -0.0898. The van der Waals surface area contributed by atoms with Gasteiger partial charge in [-0.1, -0.05) is 44.2 Å². The number of aromatic nitrogens is 1. The van der Waals surface area contributed by atoms with Crippen LogP contribution < -0.4 is 10.3 Å². The molecule has 0 unspecified atom stereocenters. The molecule has 0 amide bonds. The summed E-state index contributed by atoms with van der Waals surface area (Å²) in [7, 11) is 0. The van der Waals surface area contributed by atoms with E-state index >= 15 is 0 Å². The van der Waals surface area contributed by atoms with Gasteiger partial charge in [-0.3, -0.25) is 4.79 Å². The molecule has 2 aromatic rings. The summed E-state index contributed by atoms with van der Waals surface area (Å²) in [5, 5.41) is 0. The van der Waals surface area contributed by atoms with Crippen molar-refractivity contribution in [3.8, 4) is 5.75 Å². The first-order valence-corrected chi connectivity index (χ1v) is 6.54. The van der Waals surface area contributed by atoms with Gasteiger partial charge in [0.2, 0.25) is 0 Å². The smallest absolute Gasteiger partial charge is 0.254 e. The van der Waals surface area contributed by atoms with Crippen LogP contribution in [0.5, 0.6) is 5.75 Å². The Morgan fingerprint density at radius 1 is 1.11 bits per heavy atom. The molecule has 0 saturated heterocycles. The number of pyridine rings is 1. The van der Waals surface area contributed by atoms with Crippen molar-refractivity contribution in [2.24, 2.45) is 0 Å². The third kappa shape index (κ3) is 4.28. The Balaban J connectivity index is 0.000000861. The van der Waals surface area contributed by atoms with Crippen molar-refractivity contribution in [1.82, 2.24) is 4.98 Å². The molecule has 0 radical (unpaired) electrons. The number of hydrogen-bond donors (Lipinski definition) is 1. The molecule has 19 heavy (non-hydrogen) atoms. The van der Waals surface area contributed by atoms with Crippen LogP contribution in [0, 0.1) is 13.8 Å². The highest BCUT2D eigenvalue weighted by atomic mass is 16.5. The van der Waals surface area contributed by atoms with Crippen LogP contribution in [-0.4, -0.2) is 4.98 Å². The summed E-state index contributed by atoms with van der Waals surface area (Å²) in [5.41, 5.74) is 2.42. The first kappa shape index (κ1) is 15.0. The van der Waals surface area contributed by atoms with Gasteiger partial charge in [0.05, 0.1) is 5.56 Å². The van der Waals surface area contributed by atoms with E-state index in [1.807, 2.05) is 57.2 Å². The lowest BCUT2D eigenvalue weighted by atomic mass is 10.2. The Morgan fingerprint density at radius 2 is 1.74 bits per heavy atom. The molecule has 0 spiro atoms. The Kier molecular flexibility index (Phi) is 5.86. The summed E-state index contributed by atoms with van der Waals surface area (Å²) in [6.45, 7) is 8.08. The van der Waals surface area contributed by atoms with E-state index in [0.29, 0.717) is 17.9 Å². The lowest BCUT2D eigenvalue weighted by molar-refractivity contribution is 0.303. The molecule has 0 aliphatic carbocycles. The number of hydrogen-bond acceptors (Lipinski definition) is 2. The highest BCUT2D eigenvalue weighted by Gasteiger charge is 2.04. The second-order valence-corrected chi connectivity index (χ2v) is 4.04. The van der Waals surface area contributed by atoms with Gasteiger partial charge in [-0.25, -0.2) is 0 Å². The number of aryl methyl sites for hydroxylation is 1. The SMILES string of the molecule is CC.Cc1cc(OCc2ccccc2)c(C)c(=O)[nH]1. The second kappa shape index (κ2) is 7.41. The molecular weight excluding hydrogens is 238 g/mol. The largest absolute Gasteiger partial charge is 0.488 e. The normalized spacial score (nSPS) is 9.47. The van der Waals surface area contributed by atoms with Crippen LogP contribution in [-0.2, 0) is 6.61 Å². The minimum absolute atomic E-state index is 0.0898. The maximum Gasteiger partial charge on any atom is 0.254 e. The quantitative estimate of drug-likeness (QED) is 0.915. The van der Waals surface area contributed by atoms with Crippen LogP contribution in [0.4, 0.5) is 0 Å². The van der Waals surface area contributed by atoms with Crippen molar-refractivity contribution in [2.75, 3.05) is 0 Å². The predicted octanol–water partition coefficient (Wildman–Crippen LogP) is 3.60. The van der Waals surface area contributed by atoms with E-state index in [0.717, 1.165) is 11.3 Å². The van der Waals surface area contributed by atoms with Crippen LogP contribution in [0.15, 0.2) is 41.2 Å². The van der Waals surface area contributed by atoms with Crippen molar-refractivity contribution < 1.29 is 4.74 Å². The van der Waals surface area contributed by atoms with Crippen LogP contribution in [0.3, 0.4) is 0 Å². The number of ether oxygens (including phenoxy) is 1. The van der Waals surface area contributed by atoms with E-state index in [4.69, 9.17) is 4.74 Å². The van der Waals surface area contributed by atoms with E-state index in [1.165, 1.54) is 0 Å². The summed E-state index contributed by atoms with van der Waals surface area (Å²) in [6, 6.07) is 11.7. The highest BCUT2D eigenvalue weighted by Crippen LogP contribution is 2.15. The third-order valence-corrected chi connectivity index (χ3v) is 2.61. The number of aromatic amines is 1. The third-order valence-electron chi connectivity index (χ3n) is 2.61. The molecule has 0 atom stereocenters. The summed E-state index contributed by atoms with van der Waals surface area (Å²) < 4.78 is 5.66. The van der Waals surface area contributed by atoms with Gasteiger partial charge in [0.15, 0.2) is 0 Å². The van der Waals surface area contributed by atoms with Gasteiger partial charge >= 0.3 is 0 Å². The molecule has 1 N–H and O–H groups in total. The minimum Gasteiger partial charge on any atom is -0.488 e. The molecule has 102 valence electrons. The number of rotatable bonds is 3. The fourth-order valence-electron chi connectivity index (χ4n) is 1.61. The molecule has 0 aliphatic heterocycles. The standard InChI is InChI=1S/C14H15NO2.C2H6/c1-10-8-13(11(2)14(16)15-10)17-9-12-6-4-3-5-7-12;1-2/h3-8H,9H2,1-2H3,(H,15,16);1-2H3. The fourth-order valence-corrected chi connectivity index (χ4v) is 1.61. The Morgan fingerprint density at radius 3 is 2.37 bits per heavy atom. The van der Waals surface area contributed by atoms with Gasteiger partial charge < -0.3 is 9.72 Å². The van der Waals surface area contributed by atoms with Gasteiger partial charge in [0.1, 0.15) is 12.4 Å². The molecular formula is C16H21NO2. The van der Waals surface area contributed by atoms with Crippen molar-refractivity contribution >= 4 is 0 Å². The maximum absolute atomic E-state index is 11.5. The molecule has 3 heteroatoms. The van der Waals surface area contributed by atoms with E-state index < -0.39 is 0 Å². The molecule has 3 nitrogen and oxygen atoms in total. The number of H-pyrrole nitrogens is 1. The van der Waals surface area contributed by atoms with Crippen molar-refractivity contribution in [1.29, 1.82) is 0 Å². The molecule has 1 heterocycles. The van der Waals surface area contributed by atoms with E-state index in [9.17, 15) is 4.79 Å². The van der Waals surface area contributed by atoms with Crippen molar-refractivity contribution in [2.45, 2.75) is 34.3 Å². The summed E-state index contributed by atoms with van der Waals surface area (Å²) >= 11 is 0. The lowest BCUT2D eigenvalue weighted by Crippen LogP contribution is -2.12. The molecule has 0 fully saturated rings. The van der Waals surface area contributed by atoms with Crippen molar-refractivity contribution in [3.63, 3.8) is 0 Å². The lowest BCUT2D eigenvalue weighted by Gasteiger charge is -2.09. The van der Waals surface area contributed by atoms with E-state index in [-0.39, 0.29) is 5.56 Å². The molecule has 1 aromatic carbocycles. The zero-order valence-corrected chi connectivity index (χ0v) is 12.0. The highest BCUT2D eigenvalue weighted by molar-refractivity contribution is 5.32.